The van der Waals surface area contributed by atoms with Crippen LogP contribution in [0.15, 0.2) is 108 Å². The summed E-state index contributed by atoms with van der Waals surface area (Å²) in [6, 6.07) is 29.6. The average Bonchev–Trinajstić information content (AvgIpc) is 3.28. The first kappa shape index (κ1) is 21.0. The van der Waals surface area contributed by atoms with E-state index < -0.39 is 11.5 Å². The van der Waals surface area contributed by atoms with Crippen molar-refractivity contribution in [3.8, 4) is 5.69 Å². The van der Waals surface area contributed by atoms with Gasteiger partial charge in [-0.3, -0.25) is 4.79 Å². The molecule has 1 amide bonds. The van der Waals surface area contributed by atoms with Crippen molar-refractivity contribution in [3.05, 3.63) is 124 Å². The average molecular weight is 521 g/mol. The lowest BCUT2D eigenvalue weighted by molar-refractivity contribution is -0.136. The van der Waals surface area contributed by atoms with E-state index in [9.17, 15) is 9.90 Å². The van der Waals surface area contributed by atoms with Crippen LogP contribution in [-0.4, -0.2) is 21.8 Å². The summed E-state index contributed by atoms with van der Waals surface area (Å²) in [7, 11) is 0. The first-order valence-corrected chi connectivity index (χ1v) is 10.8. The van der Waals surface area contributed by atoms with Crippen LogP contribution in [0.3, 0.4) is 0 Å². The summed E-state index contributed by atoms with van der Waals surface area (Å²) < 4.78 is 3.11. The van der Waals surface area contributed by atoms with Crippen molar-refractivity contribution in [3.63, 3.8) is 0 Å². The lowest BCUT2D eigenvalue weighted by atomic mass is 9.85. The zero-order chi connectivity index (χ0) is 21.7. The number of hydrazone groups is 1. The molecule has 0 saturated carbocycles. The number of benzene rings is 3. The lowest BCUT2D eigenvalue weighted by Gasteiger charge is -2.27. The van der Waals surface area contributed by atoms with Crippen LogP contribution in [0.4, 0.5) is 0 Å². The van der Waals surface area contributed by atoms with Crippen LogP contribution in [0.2, 0.25) is 0 Å². The zero-order valence-electron chi connectivity index (χ0n) is 16.5. The molecule has 2 N–H and O–H groups in total. The van der Waals surface area contributed by atoms with Crippen molar-refractivity contribution in [2.45, 2.75) is 5.60 Å². The van der Waals surface area contributed by atoms with Crippen LogP contribution in [0, 0.1) is 3.57 Å². The lowest BCUT2D eigenvalue weighted by Crippen LogP contribution is -2.43. The van der Waals surface area contributed by atoms with Crippen LogP contribution < -0.4 is 5.43 Å². The van der Waals surface area contributed by atoms with Crippen molar-refractivity contribution >= 4 is 34.7 Å². The number of nitrogens with one attached hydrogen (secondary N) is 1. The summed E-state index contributed by atoms with van der Waals surface area (Å²) in [6.07, 6.45) is 3.49. The van der Waals surface area contributed by atoms with E-state index in [2.05, 4.69) is 33.1 Å². The number of amides is 1. The number of carbonyl (C=O) groups is 1. The minimum Gasteiger partial charge on any atom is -0.372 e. The molecule has 3 aromatic carbocycles. The Morgan fingerprint density at radius 3 is 2.03 bits per heavy atom. The van der Waals surface area contributed by atoms with Crippen LogP contribution in [-0.2, 0) is 10.4 Å². The predicted octanol–water partition coefficient (Wildman–Crippen LogP) is 4.47. The Balaban J connectivity index is 1.59. The van der Waals surface area contributed by atoms with Crippen molar-refractivity contribution in [2.24, 2.45) is 5.10 Å². The molecule has 0 radical (unpaired) electrons. The van der Waals surface area contributed by atoms with Gasteiger partial charge in [-0.15, -0.1) is 0 Å². The third kappa shape index (κ3) is 4.45. The fourth-order valence-corrected chi connectivity index (χ4v) is 3.72. The first-order valence-electron chi connectivity index (χ1n) is 9.69. The first-order chi connectivity index (χ1) is 15.1. The van der Waals surface area contributed by atoms with Crippen molar-refractivity contribution < 1.29 is 9.90 Å². The molecule has 1 aromatic heterocycles. The molecule has 1 heterocycles. The van der Waals surface area contributed by atoms with Gasteiger partial charge in [0.15, 0.2) is 5.60 Å². The van der Waals surface area contributed by atoms with Gasteiger partial charge in [0.05, 0.1) is 11.9 Å². The SMILES string of the molecule is O=C(NN=Cc1cccn1-c1ccc(I)cc1)C(O)(c1ccccc1)c1ccccc1. The highest BCUT2D eigenvalue weighted by Gasteiger charge is 2.39. The highest BCUT2D eigenvalue weighted by atomic mass is 127. The molecule has 0 fully saturated rings. The highest BCUT2D eigenvalue weighted by molar-refractivity contribution is 14.1. The zero-order valence-corrected chi connectivity index (χ0v) is 18.7. The van der Waals surface area contributed by atoms with E-state index in [0.29, 0.717) is 11.1 Å². The second-order valence-electron chi connectivity index (χ2n) is 6.92. The van der Waals surface area contributed by atoms with Crippen LogP contribution in [0.25, 0.3) is 5.69 Å². The summed E-state index contributed by atoms with van der Waals surface area (Å²) in [5.74, 6) is -0.631. The topological polar surface area (TPSA) is 66.6 Å². The molecule has 154 valence electrons. The van der Waals surface area contributed by atoms with E-state index in [1.165, 1.54) is 0 Å². The summed E-state index contributed by atoms with van der Waals surface area (Å²) in [5.41, 5.74) is 3.37. The molecular formula is C25H20IN3O2. The Kier molecular flexibility index (Phi) is 6.29. The van der Waals surface area contributed by atoms with Crippen molar-refractivity contribution in [2.75, 3.05) is 0 Å². The fraction of sp³-hybridized carbons (Fsp3) is 0.0400. The minimum absolute atomic E-state index is 0.469. The van der Waals surface area contributed by atoms with Gasteiger partial charge in [-0.1, -0.05) is 60.7 Å². The van der Waals surface area contributed by atoms with Crippen molar-refractivity contribution in [1.29, 1.82) is 0 Å². The van der Waals surface area contributed by atoms with Gasteiger partial charge in [0, 0.05) is 15.5 Å². The summed E-state index contributed by atoms with van der Waals surface area (Å²) in [4.78, 5) is 13.1. The number of aromatic nitrogens is 1. The predicted molar refractivity (Wildman–Crippen MR) is 130 cm³/mol. The van der Waals surface area contributed by atoms with Gasteiger partial charge < -0.3 is 9.67 Å². The van der Waals surface area contributed by atoms with Crippen LogP contribution in [0.5, 0.6) is 0 Å². The fourth-order valence-electron chi connectivity index (χ4n) is 3.36. The van der Waals surface area contributed by atoms with E-state index in [0.717, 1.165) is 15.0 Å². The van der Waals surface area contributed by atoms with Gasteiger partial charge in [0.2, 0.25) is 0 Å². The molecule has 4 aromatic rings. The van der Waals surface area contributed by atoms with E-state index in [4.69, 9.17) is 0 Å². The largest absolute Gasteiger partial charge is 0.372 e. The third-order valence-corrected chi connectivity index (χ3v) is 5.68. The number of aliphatic hydroxyl groups is 1. The molecule has 0 aliphatic heterocycles. The van der Waals surface area contributed by atoms with Gasteiger partial charge in [-0.05, 0) is 70.1 Å². The maximum absolute atomic E-state index is 13.1. The van der Waals surface area contributed by atoms with Gasteiger partial charge in [0.1, 0.15) is 0 Å². The monoisotopic (exact) mass is 521 g/mol. The smallest absolute Gasteiger partial charge is 0.281 e. The molecule has 31 heavy (non-hydrogen) atoms. The van der Waals surface area contributed by atoms with Gasteiger partial charge >= 0.3 is 0 Å². The molecule has 0 unspecified atom stereocenters. The normalized spacial score (nSPS) is 11.5. The number of nitrogens with zero attached hydrogens (tertiary/aromatic N) is 2. The third-order valence-electron chi connectivity index (χ3n) is 4.96. The Hall–Kier alpha value is -3.23. The minimum atomic E-state index is -1.86. The molecule has 0 saturated heterocycles. The van der Waals surface area contributed by atoms with E-state index >= 15 is 0 Å². The molecule has 0 bridgehead atoms. The summed E-state index contributed by atoms with van der Waals surface area (Å²) in [6.45, 7) is 0. The molecule has 0 aliphatic rings. The standard InChI is InChI=1S/C25H20IN3O2/c26-21-13-15-22(16-14-21)29-17-7-12-23(29)18-27-28-24(30)25(31,19-8-3-1-4-9-19)20-10-5-2-6-11-20/h1-18,31H,(H,28,30). The number of hydrogen-bond acceptors (Lipinski definition) is 3. The van der Waals surface area contributed by atoms with E-state index in [1.807, 2.05) is 59.3 Å². The van der Waals surface area contributed by atoms with Gasteiger partial charge in [0.25, 0.3) is 5.91 Å². The molecule has 5 nitrogen and oxygen atoms in total. The second kappa shape index (κ2) is 9.28. The molecule has 0 atom stereocenters. The molecule has 4 rings (SSSR count). The van der Waals surface area contributed by atoms with Crippen molar-refractivity contribution in [1.82, 2.24) is 9.99 Å². The van der Waals surface area contributed by atoms with Gasteiger partial charge in [-0.2, -0.15) is 5.10 Å². The van der Waals surface area contributed by atoms with Gasteiger partial charge in [-0.25, -0.2) is 5.43 Å². The molecule has 0 aliphatic carbocycles. The number of carbonyl (C=O) groups excluding carboxylic acids is 1. The Morgan fingerprint density at radius 2 is 1.45 bits per heavy atom. The number of halogens is 1. The number of rotatable bonds is 6. The van der Waals surface area contributed by atoms with Crippen LogP contribution >= 0.6 is 22.6 Å². The Morgan fingerprint density at radius 1 is 0.871 bits per heavy atom. The second-order valence-corrected chi connectivity index (χ2v) is 8.17. The van der Waals surface area contributed by atoms with E-state index in [-0.39, 0.29) is 0 Å². The quantitative estimate of drug-likeness (QED) is 0.224. The molecule has 0 spiro atoms. The summed E-state index contributed by atoms with van der Waals surface area (Å²) in [5, 5.41) is 15.6. The Labute approximate surface area is 194 Å². The Bertz CT molecular complexity index is 1150. The maximum atomic E-state index is 13.1. The number of hydrogen-bond donors (Lipinski definition) is 2. The molecule has 6 heteroatoms. The highest BCUT2D eigenvalue weighted by Crippen LogP contribution is 2.29. The van der Waals surface area contributed by atoms with Crippen LogP contribution in [0.1, 0.15) is 16.8 Å². The maximum Gasteiger partial charge on any atom is 0.281 e. The van der Waals surface area contributed by atoms with E-state index in [1.54, 1.807) is 54.7 Å². The summed E-state index contributed by atoms with van der Waals surface area (Å²) >= 11 is 2.26. The molecular weight excluding hydrogens is 501 g/mol.